The van der Waals surface area contributed by atoms with E-state index in [2.05, 4.69) is 53.5 Å². The largest absolute Gasteiger partial charge is 0.493 e. The minimum atomic E-state index is 0.461. The molecule has 1 atom stereocenters. The van der Waals surface area contributed by atoms with Crippen molar-refractivity contribution in [2.75, 3.05) is 13.7 Å². The van der Waals surface area contributed by atoms with Crippen molar-refractivity contribution in [2.24, 2.45) is 0 Å². The molecular weight excluding hydrogens is 260 g/mol. The molecule has 1 aromatic carbocycles. The van der Waals surface area contributed by atoms with Gasteiger partial charge >= 0.3 is 0 Å². The van der Waals surface area contributed by atoms with Crippen molar-refractivity contribution >= 4 is 0 Å². The van der Waals surface area contributed by atoms with Crippen LogP contribution >= 0.6 is 0 Å². The maximum absolute atomic E-state index is 5.56. The summed E-state index contributed by atoms with van der Waals surface area (Å²) in [5, 5.41) is 3.36. The van der Waals surface area contributed by atoms with Crippen molar-refractivity contribution in [3.05, 3.63) is 53.3 Å². The second-order valence-electron chi connectivity index (χ2n) is 5.72. The van der Waals surface area contributed by atoms with Crippen LogP contribution in [0.5, 0.6) is 5.75 Å². The molecule has 1 aliphatic heterocycles. The second kappa shape index (κ2) is 6.35. The fourth-order valence-corrected chi connectivity index (χ4v) is 3.06. The Bertz CT molecular complexity index is 599. The van der Waals surface area contributed by atoms with Gasteiger partial charge in [0.2, 0.25) is 0 Å². The number of hydrogen-bond acceptors (Lipinski definition) is 2. The zero-order valence-corrected chi connectivity index (χ0v) is 12.9. The van der Waals surface area contributed by atoms with Gasteiger partial charge in [-0.3, -0.25) is 0 Å². The molecule has 3 rings (SSSR count). The van der Waals surface area contributed by atoms with Gasteiger partial charge in [0.1, 0.15) is 5.75 Å². The summed E-state index contributed by atoms with van der Waals surface area (Å²) in [6, 6.07) is 9.30. The molecule has 0 bridgehead atoms. The summed E-state index contributed by atoms with van der Waals surface area (Å²) < 4.78 is 7.85. The number of hydrogen-bond donors (Lipinski definition) is 1. The molecule has 0 saturated heterocycles. The summed E-state index contributed by atoms with van der Waals surface area (Å²) in [5.41, 5.74) is 4.14. The lowest BCUT2D eigenvalue weighted by atomic mass is 10.1. The topological polar surface area (TPSA) is 26.2 Å². The lowest BCUT2D eigenvalue weighted by Gasteiger charge is -2.11. The third-order valence-electron chi connectivity index (χ3n) is 4.34. The van der Waals surface area contributed by atoms with Gasteiger partial charge in [0.25, 0.3) is 0 Å². The number of aryl methyl sites for hydroxylation is 2. The first-order chi connectivity index (χ1) is 10.3. The van der Waals surface area contributed by atoms with Crippen molar-refractivity contribution < 1.29 is 4.74 Å². The third-order valence-corrected chi connectivity index (χ3v) is 4.34. The third kappa shape index (κ3) is 3.13. The zero-order valence-electron chi connectivity index (χ0n) is 12.9. The van der Waals surface area contributed by atoms with E-state index in [-0.39, 0.29) is 0 Å². The molecule has 3 heteroatoms. The van der Waals surface area contributed by atoms with Gasteiger partial charge in [-0.15, -0.1) is 0 Å². The van der Waals surface area contributed by atoms with Gasteiger partial charge in [-0.05, 0) is 48.7 Å². The Morgan fingerprint density at radius 1 is 1.33 bits per heavy atom. The highest BCUT2D eigenvalue weighted by atomic mass is 16.5. The fraction of sp³-hybridized carbons (Fsp3) is 0.444. The molecule has 2 aromatic rings. The molecule has 21 heavy (non-hydrogen) atoms. The predicted octanol–water partition coefficient (Wildman–Crippen LogP) is 3.34. The standard InChI is InChI=1S/C18H24N2O/c1-3-17(19-2)16-7-10-20(13-16)9-6-14-4-5-18-15(12-14)8-11-21-18/h4-5,7,10,12-13,17,19H,3,6,8-9,11H2,1-2H3. The summed E-state index contributed by atoms with van der Waals surface area (Å²) >= 11 is 0. The highest BCUT2D eigenvalue weighted by Crippen LogP contribution is 2.26. The van der Waals surface area contributed by atoms with E-state index in [0.29, 0.717) is 6.04 Å². The molecule has 0 radical (unpaired) electrons. The highest BCUT2D eigenvalue weighted by Gasteiger charge is 2.12. The first kappa shape index (κ1) is 14.2. The number of rotatable bonds is 6. The molecule has 0 fully saturated rings. The number of nitrogens with zero attached hydrogens (tertiary/aromatic N) is 1. The molecule has 1 unspecified atom stereocenters. The Morgan fingerprint density at radius 3 is 3.05 bits per heavy atom. The van der Waals surface area contributed by atoms with E-state index in [1.807, 2.05) is 7.05 Å². The van der Waals surface area contributed by atoms with Gasteiger partial charge in [0.15, 0.2) is 0 Å². The molecule has 0 saturated carbocycles. The monoisotopic (exact) mass is 284 g/mol. The van der Waals surface area contributed by atoms with Gasteiger partial charge in [-0.1, -0.05) is 19.1 Å². The molecule has 1 aromatic heterocycles. The van der Waals surface area contributed by atoms with Crippen LogP contribution in [0.4, 0.5) is 0 Å². The first-order valence-electron chi connectivity index (χ1n) is 7.87. The lowest BCUT2D eigenvalue weighted by molar-refractivity contribution is 0.357. The number of nitrogens with one attached hydrogen (secondary N) is 1. The van der Waals surface area contributed by atoms with Gasteiger partial charge in [-0.2, -0.15) is 0 Å². The van der Waals surface area contributed by atoms with Crippen LogP contribution in [0.15, 0.2) is 36.7 Å². The molecule has 0 aliphatic carbocycles. The van der Waals surface area contributed by atoms with E-state index in [1.165, 1.54) is 16.7 Å². The maximum atomic E-state index is 5.56. The SMILES string of the molecule is CCC(NC)c1ccn(CCc2ccc3c(c2)CCO3)c1. The predicted molar refractivity (Wildman–Crippen MR) is 85.9 cm³/mol. The molecule has 3 nitrogen and oxygen atoms in total. The summed E-state index contributed by atoms with van der Waals surface area (Å²) in [6.07, 6.45) is 7.69. The molecular formula is C18H24N2O. The molecule has 0 amide bonds. The summed E-state index contributed by atoms with van der Waals surface area (Å²) in [5.74, 6) is 1.07. The molecule has 112 valence electrons. The van der Waals surface area contributed by atoms with E-state index in [0.717, 1.165) is 38.2 Å². The van der Waals surface area contributed by atoms with Gasteiger partial charge in [-0.25, -0.2) is 0 Å². The number of benzene rings is 1. The van der Waals surface area contributed by atoms with E-state index in [9.17, 15) is 0 Å². The number of aromatic nitrogens is 1. The zero-order chi connectivity index (χ0) is 14.7. The molecule has 0 spiro atoms. The van der Waals surface area contributed by atoms with Crippen LogP contribution in [0.25, 0.3) is 0 Å². The average molecular weight is 284 g/mol. The first-order valence-corrected chi connectivity index (χ1v) is 7.87. The Balaban J connectivity index is 1.62. The number of ether oxygens (including phenoxy) is 1. The fourth-order valence-electron chi connectivity index (χ4n) is 3.06. The minimum Gasteiger partial charge on any atom is -0.493 e. The van der Waals surface area contributed by atoms with E-state index < -0.39 is 0 Å². The summed E-state index contributed by atoms with van der Waals surface area (Å²) in [7, 11) is 2.03. The van der Waals surface area contributed by atoms with Crippen LogP contribution in [0.2, 0.25) is 0 Å². The van der Waals surface area contributed by atoms with Crippen molar-refractivity contribution in [3.8, 4) is 5.75 Å². The molecule has 2 heterocycles. The van der Waals surface area contributed by atoms with Crippen LogP contribution in [0.3, 0.4) is 0 Å². The smallest absolute Gasteiger partial charge is 0.122 e. The van der Waals surface area contributed by atoms with Crippen LogP contribution in [-0.4, -0.2) is 18.2 Å². The molecule has 1 N–H and O–H groups in total. The van der Waals surface area contributed by atoms with Crippen molar-refractivity contribution in [1.29, 1.82) is 0 Å². The van der Waals surface area contributed by atoms with Crippen LogP contribution in [-0.2, 0) is 19.4 Å². The Labute approximate surface area is 126 Å². The Kier molecular flexibility index (Phi) is 4.30. The maximum Gasteiger partial charge on any atom is 0.122 e. The van der Waals surface area contributed by atoms with Gasteiger partial charge in [0, 0.05) is 31.4 Å². The van der Waals surface area contributed by atoms with Gasteiger partial charge in [0.05, 0.1) is 6.61 Å². The van der Waals surface area contributed by atoms with Crippen molar-refractivity contribution in [1.82, 2.24) is 9.88 Å². The highest BCUT2D eigenvalue weighted by molar-refractivity contribution is 5.39. The normalized spacial score (nSPS) is 14.8. The summed E-state index contributed by atoms with van der Waals surface area (Å²) in [6.45, 7) is 4.08. The number of fused-ring (bicyclic) bond motifs is 1. The van der Waals surface area contributed by atoms with Crippen molar-refractivity contribution in [2.45, 2.75) is 38.8 Å². The molecule has 1 aliphatic rings. The van der Waals surface area contributed by atoms with Crippen LogP contribution in [0.1, 0.15) is 36.1 Å². The van der Waals surface area contributed by atoms with Crippen LogP contribution in [0, 0.1) is 0 Å². The van der Waals surface area contributed by atoms with Crippen molar-refractivity contribution in [3.63, 3.8) is 0 Å². The quantitative estimate of drug-likeness (QED) is 0.880. The lowest BCUT2D eigenvalue weighted by Crippen LogP contribution is -2.14. The van der Waals surface area contributed by atoms with Crippen LogP contribution < -0.4 is 10.1 Å². The van der Waals surface area contributed by atoms with Gasteiger partial charge < -0.3 is 14.6 Å². The van der Waals surface area contributed by atoms with E-state index >= 15 is 0 Å². The average Bonchev–Trinajstić information content (AvgIpc) is 3.15. The Morgan fingerprint density at radius 2 is 2.24 bits per heavy atom. The Hall–Kier alpha value is -1.74. The summed E-state index contributed by atoms with van der Waals surface area (Å²) in [4.78, 5) is 0. The second-order valence-corrected chi connectivity index (χ2v) is 5.72. The minimum absolute atomic E-state index is 0.461. The van der Waals surface area contributed by atoms with E-state index in [1.54, 1.807) is 0 Å². The van der Waals surface area contributed by atoms with E-state index in [4.69, 9.17) is 4.74 Å².